The summed E-state index contributed by atoms with van der Waals surface area (Å²) in [7, 11) is 6.46. The van der Waals surface area contributed by atoms with Crippen LogP contribution in [0.1, 0.15) is 38.5 Å². The minimum Gasteiger partial charge on any atom is -0.382 e. The van der Waals surface area contributed by atoms with Gasteiger partial charge in [0.05, 0.1) is 389 Å². The van der Waals surface area contributed by atoms with Gasteiger partial charge in [0, 0.05) is 87.0 Å². The second kappa shape index (κ2) is 102. The minimum absolute atomic E-state index is 0.00304. The van der Waals surface area contributed by atoms with E-state index >= 15 is 0 Å². The average Bonchev–Trinajstić information content (AvgIpc) is 0.876. The Kier molecular flexibility index (Phi) is 98.7. The summed E-state index contributed by atoms with van der Waals surface area (Å²) in [6, 6.07) is -1.24. The molecule has 124 heavy (non-hydrogen) atoms. The number of carbonyl (C=O) groups excluding carboxylic acids is 6. The highest BCUT2D eigenvalue weighted by atomic mass is 16.6. The molecule has 0 radical (unpaired) electrons. The zero-order valence-corrected chi connectivity index (χ0v) is 75.2. The third-order valence-corrected chi connectivity index (χ3v) is 16.2. The van der Waals surface area contributed by atoms with E-state index in [0.717, 1.165) is 0 Å². The first-order chi connectivity index (χ1) is 61.1. The van der Waals surface area contributed by atoms with E-state index in [2.05, 4.69) is 21.3 Å². The topological polar surface area (TPSA) is 460 Å². The van der Waals surface area contributed by atoms with Gasteiger partial charge in [0.25, 0.3) is 0 Å². The van der Waals surface area contributed by atoms with Crippen LogP contribution in [0.3, 0.4) is 0 Å². The Labute approximate surface area is 735 Å². The van der Waals surface area contributed by atoms with Crippen molar-refractivity contribution in [3.8, 4) is 0 Å². The molecule has 43 nitrogen and oxygen atoms in total. The predicted molar refractivity (Wildman–Crippen MR) is 450 cm³/mol. The summed E-state index contributed by atoms with van der Waals surface area (Å²) >= 11 is 0. The van der Waals surface area contributed by atoms with Gasteiger partial charge in [0.1, 0.15) is 0 Å². The van der Waals surface area contributed by atoms with E-state index in [0.29, 0.717) is 330 Å². The second-order valence-electron chi connectivity index (χ2n) is 26.2. The third kappa shape index (κ3) is 93.7. The molecule has 1 unspecified atom stereocenters. The highest BCUT2D eigenvalue weighted by Gasteiger charge is 2.26. The Hall–Kier alpha value is -4.42. The van der Waals surface area contributed by atoms with Crippen LogP contribution in [0, 0.1) is 0 Å². The van der Waals surface area contributed by atoms with Gasteiger partial charge in [-0.2, -0.15) is 0 Å². The molecule has 0 rings (SSSR count). The van der Waals surface area contributed by atoms with Crippen LogP contribution in [0.4, 0.5) is 0 Å². The Morgan fingerprint density at radius 1 is 0.218 bits per heavy atom. The normalized spacial score (nSPS) is 11.8. The molecule has 0 spiro atoms. The number of methoxy groups -OCH3 is 4. The number of nitrogens with zero attached hydrogens (tertiary/aromatic N) is 2. The number of ether oxygens (including phenoxy) is 30. The SMILES string of the molecule is COCCOCCOCCOCCNC(=O)CCCNC(=O)CN(CCOCCOCCOCCOCCOCCOCCOCCOCCOCCOCCOC)C(=O)CCC(N)C(=O)N(CCOCCOCCOCCOCCOCCOCCOCCOCCOCCOCCOC)CC(=O)NCCCC(=O)NCCOCCOCCOCCOC. The van der Waals surface area contributed by atoms with Crippen LogP contribution >= 0.6 is 0 Å². The summed E-state index contributed by atoms with van der Waals surface area (Å²) in [5.74, 6) is -2.55. The quantitative estimate of drug-likeness (QED) is 0.0403. The monoisotopic (exact) mass is 1810 g/mol. The smallest absolute Gasteiger partial charge is 0.240 e. The average molecular weight is 1810 g/mol. The van der Waals surface area contributed by atoms with Crippen LogP contribution in [0.5, 0.6) is 0 Å². The highest BCUT2D eigenvalue weighted by molar-refractivity contribution is 5.88. The molecule has 1 atom stereocenters. The first kappa shape index (κ1) is 120. The Bertz CT molecular complexity index is 2270. The van der Waals surface area contributed by atoms with Crippen molar-refractivity contribution in [1.29, 1.82) is 0 Å². The molecule has 0 saturated carbocycles. The molecule has 0 aliphatic carbocycles. The van der Waals surface area contributed by atoms with Crippen LogP contribution in [0.2, 0.25) is 0 Å². The zero-order valence-electron chi connectivity index (χ0n) is 75.2. The van der Waals surface area contributed by atoms with E-state index in [1.807, 2.05) is 0 Å². The fourth-order valence-electron chi connectivity index (χ4n) is 9.63. The largest absolute Gasteiger partial charge is 0.382 e. The Morgan fingerprint density at radius 2 is 0.395 bits per heavy atom. The van der Waals surface area contributed by atoms with Crippen molar-refractivity contribution in [3.05, 3.63) is 0 Å². The molecule has 0 aromatic heterocycles. The zero-order chi connectivity index (χ0) is 89.7. The molecular weight excluding hydrogens is 1650 g/mol. The minimum atomic E-state index is -1.24. The molecular formula is C81H159N7O36. The Balaban J connectivity index is 5.18. The van der Waals surface area contributed by atoms with Gasteiger partial charge < -0.3 is 179 Å². The molecule has 0 aromatic rings. The number of hydrogen-bond donors (Lipinski definition) is 5. The predicted octanol–water partition coefficient (Wildman–Crippen LogP) is -2.21. The number of hydrogen-bond acceptors (Lipinski definition) is 37. The lowest BCUT2D eigenvalue weighted by Gasteiger charge is -2.26. The number of carbonyl (C=O) groups is 6. The summed E-state index contributed by atoms with van der Waals surface area (Å²) in [5.41, 5.74) is 6.52. The van der Waals surface area contributed by atoms with Gasteiger partial charge in [-0.05, 0) is 19.3 Å². The lowest BCUT2D eigenvalue weighted by Crippen LogP contribution is -2.49. The molecule has 0 aromatic carbocycles. The molecule has 0 fully saturated rings. The summed E-state index contributed by atoms with van der Waals surface area (Å²) < 4.78 is 163. The molecule has 0 aliphatic heterocycles. The number of amides is 6. The van der Waals surface area contributed by atoms with Crippen molar-refractivity contribution < 1.29 is 171 Å². The van der Waals surface area contributed by atoms with Crippen LogP contribution in [-0.4, -0.2) is 502 Å². The van der Waals surface area contributed by atoms with Crippen LogP contribution in [0.15, 0.2) is 0 Å². The van der Waals surface area contributed by atoms with E-state index < -0.39 is 36.2 Å². The summed E-state index contributed by atoms with van der Waals surface area (Å²) in [4.78, 5) is 82.6. The molecule has 0 bridgehead atoms. The van der Waals surface area contributed by atoms with Crippen LogP contribution in [0.25, 0.3) is 0 Å². The molecule has 6 amide bonds. The van der Waals surface area contributed by atoms with Crippen LogP contribution in [-0.2, 0) is 171 Å². The van der Waals surface area contributed by atoms with Gasteiger partial charge in [0.15, 0.2) is 0 Å². The molecule has 734 valence electrons. The summed E-state index contributed by atoms with van der Waals surface area (Å²) in [6.45, 7) is 22.5. The maximum atomic E-state index is 14.1. The number of rotatable bonds is 106. The lowest BCUT2D eigenvalue weighted by molar-refractivity contribution is -0.139. The fraction of sp³-hybridized carbons (Fsp3) is 0.926. The van der Waals surface area contributed by atoms with E-state index in [-0.39, 0.29) is 136 Å². The summed E-state index contributed by atoms with van der Waals surface area (Å²) in [5, 5.41) is 11.1. The van der Waals surface area contributed by atoms with E-state index in [9.17, 15) is 28.8 Å². The first-order valence-corrected chi connectivity index (χ1v) is 43.4. The molecule has 0 saturated heterocycles. The molecule has 0 heterocycles. The van der Waals surface area contributed by atoms with E-state index in [1.165, 1.54) is 9.80 Å². The molecule has 0 aliphatic rings. The van der Waals surface area contributed by atoms with Crippen molar-refractivity contribution in [2.75, 3.05) is 451 Å². The van der Waals surface area contributed by atoms with Crippen molar-refractivity contribution in [2.45, 2.75) is 44.6 Å². The van der Waals surface area contributed by atoms with Gasteiger partial charge in [-0.25, -0.2) is 0 Å². The highest BCUT2D eigenvalue weighted by Crippen LogP contribution is 2.07. The lowest BCUT2D eigenvalue weighted by atomic mass is 10.1. The van der Waals surface area contributed by atoms with Crippen molar-refractivity contribution in [3.63, 3.8) is 0 Å². The molecule has 6 N–H and O–H groups in total. The van der Waals surface area contributed by atoms with E-state index in [4.69, 9.17) is 148 Å². The second-order valence-corrected chi connectivity index (χ2v) is 26.2. The van der Waals surface area contributed by atoms with Crippen LogP contribution < -0.4 is 27.0 Å². The van der Waals surface area contributed by atoms with Gasteiger partial charge in [-0.1, -0.05) is 0 Å². The third-order valence-electron chi connectivity index (χ3n) is 16.2. The van der Waals surface area contributed by atoms with Gasteiger partial charge >= 0.3 is 0 Å². The summed E-state index contributed by atoms with van der Waals surface area (Å²) in [6.07, 6.45) is 0.503. The number of nitrogens with two attached hydrogens (primary N) is 1. The maximum Gasteiger partial charge on any atom is 0.240 e. The van der Waals surface area contributed by atoms with Crippen molar-refractivity contribution >= 4 is 35.4 Å². The fourth-order valence-corrected chi connectivity index (χ4v) is 9.63. The number of nitrogens with one attached hydrogen (secondary N) is 4. The Morgan fingerprint density at radius 3 is 0.613 bits per heavy atom. The van der Waals surface area contributed by atoms with Gasteiger partial charge in [0.2, 0.25) is 35.4 Å². The maximum absolute atomic E-state index is 14.1. The van der Waals surface area contributed by atoms with Gasteiger partial charge in [-0.3, -0.25) is 28.8 Å². The molecule has 43 heteroatoms. The van der Waals surface area contributed by atoms with Crippen molar-refractivity contribution in [2.24, 2.45) is 5.73 Å². The van der Waals surface area contributed by atoms with E-state index in [1.54, 1.807) is 28.4 Å². The first-order valence-electron chi connectivity index (χ1n) is 43.4. The van der Waals surface area contributed by atoms with Crippen molar-refractivity contribution in [1.82, 2.24) is 31.1 Å². The standard InChI is InChI=1S/C81H159N7O36/c1-95-21-25-103-37-41-107-33-29-99-17-13-85-76(89)7-5-11-83-78(91)73-87(15-19-101-31-35-109-45-47-113-53-55-117-61-63-121-69-71-123-67-65-119-59-57-115-51-49-111-43-39-105-27-23-97-3)80(93)10-9-75(82)81(94)88(74-79(92)84-12-6-8-77(90)86-14-18-100-30-34-108-42-38-104-26-22-96-2)16-20-102-32-36-110-46-48-114-54-56-118-62-64-122-70-72-124-68-66-120-60-58-116-52-50-112-44-40-106-28-24-98-4/h75H,5-74,82H2,1-4H3,(H,83,91)(H,84,92)(H,85,89)(H,86,90). The van der Waals surface area contributed by atoms with Gasteiger partial charge in [-0.15, -0.1) is 0 Å².